The lowest BCUT2D eigenvalue weighted by Crippen LogP contribution is -2.25. The largest absolute Gasteiger partial charge is 0.495 e. The van der Waals surface area contributed by atoms with E-state index in [0.717, 1.165) is 11.1 Å². The van der Waals surface area contributed by atoms with Gasteiger partial charge in [0, 0.05) is 35.6 Å². The van der Waals surface area contributed by atoms with Gasteiger partial charge in [0.25, 0.3) is 5.91 Å². The van der Waals surface area contributed by atoms with E-state index in [4.69, 9.17) is 22.1 Å². The van der Waals surface area contributed by atoms with Crippen LogP contribution in [0.2, 0.25) is 5.02 Å². The van der Waals surface area contributed by atoms with Crippen LogP contribution in [0.3, 0.4) is 0 Å². The number of ether oxygens (including phenoxy) is 1. The second-order valence-electron chi connectivity index (χ2n) is 8.48. The van der Waals surface area contributed by atoms with Crippen LogP contribution in [-0.4, -0.2) is 39.3 Å². The molecule has 0 aliphatic carbocycles. The number of carbonyl (C=O) groups excluding carboxylic acids is 1. The number of hydrogen-bond donors (Lipinski definition) is 3. The molecular formula is C26H28ClN7O2. The van der Waals surface area contributed by atoms with Crippen LogP contribution < -0.4 is 21.1 Å². The minimum absolute atomic E-state index is 0.192. The van der Waals surface area contributed by atoms with Crippen LogP contribution in [0.1, 0.15) is 35.8 Å². The third-order valence-corrected chi connectivity index (χ3v) is 5.81. The zero-order valence-corrected chi connectivity index (χ0v) is 21.1. The van der Waals surface area contributed by atoms with Crippen molar-refractivity contribution in [2.45, 2.75) is 26.3 Å². The van der Waals surface area contributed by atoms with Crippen LogP contribution >= 0.6 is 11.6 Å². The first kappa shape index (κ1) is 25.0. The second-order valence-corrected chi connectivity index (χ2v) is 8.89. The number of halogens is 1. The quantitative estimate of drug-likeness (QED) is 0.277. The molecule has 0 saturated carbocycles. The van der Waals surface area contributed by atoms with E-state index < -0.39 is 0 Å². The van der Waals surface area contributed by atoms with Crippen molar-refractivity contribution in [3.05, 3.63) is 77.2 Å². The van der Waals surface area contributed by atoms with Crippen LogP contribution in [-0.2, 0) is 6.42 Å². The molecule has 4 N–H and O–H groups in total. The number of nitrogens with one attached hydrogen (secondary N) is 2. The molecule has 0 fully saturated rings. The van der Waals surface area contributed by atoms with E-state index in [1.54, 1.807) is 24.4 Å². The normalized spacial score (nSPS) is 10.9. The minimum atomic E-state index is -0.192. The Bertz CT molecular complexity index is 1350. The standard InChI is InChI=1S/C26H28ClN7O2/c1-16(2)34-15-19(13-31-34)24-21(27)14-30-26(33-24)32-22-9-6-18(12-23(22)36-3)25(35)29-11-10-17-4-7-20(28)8-5-17/h4-9,12-16H,10-11,28H2,1-3H3,(H,29,35)(H,30,32,33). The Labute approximate surface area is 214 Å². The Morgan fingerprint density at radius 3 is 2.64 bits per heavy atom. The van der Waals surface area contributed by atoms with Crippen molar-refractivity contribution in [3.63, 3.8) is 0 Å². The Morgan fingerprint density at radius 1 is 1.17 bits per heavy atom. The van der Waals surface area contributed by atoms with Gasteiger partial charge in [-0.3, -0.25) is 9.48 Å². The Morgan fingerprint density at radius 2 is 1.94 bits per heavy atom. The van der Waals surface area contributed by atoms with Crippen molar-refractivity contribution in [2.24, 2.45) is 0 Å². The Kier molecular flexibility index (Phi) is 7.70. The molecule has 0 radical (unpaired) electrons. The van der Waals surface area contributed by atoms with Gasteiger partial charge in [-0.25, -0.2) is 9.97 Å². The lowest BCUT2D eigenvalue weighted by atomic mass is 10.1. The highest BCUT2D eigenvalue weighted by Gasteiger charge is 2.14. The number of anilines is 3. The van der Waals surface area contributed by atoms with Crippen LogP contribution in [0.4, 0.5) is 17.3 Å². The van der Waals surface area contributed by atoms with Crippen molar-refractivity contribution in [1.29, 1.82) is 0 Å². The molecule has 0 saturated heterocycles. The molecule has 0 aliphatic heterocycles. The number of rotatable bonds is 9. The van der Waals surface area contributed by atoms with E-state index in [-0.39, 0.29) is 11.9 Å². The summed E-state index contributed by atoms with van der Waals surface area (Å²) in [7, 11) is 1.54. The van der Waals surface area contributed by atoms with E-state index in [1.165, 1.54) is 13.3 Å². The predicted octanol–water partition coefficient (Wildman–Crippen LogP) is 4.88. The summed E-state index contributed by atoms with van der Waals surface area (Å²) < 4.78 is 7.35. The summed E-state index contributed by atoms with van der Waals surface area (Å²) in [5.41, 5.74) is 9.98. The van der Waals surface area contributed by atoms with Crippen molar-refractivity contribution >= 4 is 34.8 Å². The van der Waals surface area contributed by atoms with Gasteiger partial charge in [-0.1, -0.05) is 23.7 Å². The molecule has 0 bridgehead atoms. The fourth-order valence-electron chi connectivity index (χ4n) is 3.54. The second kappa shape index (κ2) is 11.1. The number of aromatic nitrogens is 4. The van der Waals surface area contributed by atoms with Crippen LogP contribution in [0, 0.1) is 0 Å². The Balaban J connectivity index is 1.45. The average Bonchev–Trinajstić information content (AvgIpc) is 3.37. The molecule has 1 amide bonds. The molecule has 2 aromatic carbocycles. The fourth-order valence-corrected chi connectivity index (χ4v) is 3.74. The molecule has 0 aliphatic rings. The Hall–Kier alpha value is -4.11. The number of amides is 1. The highest BCUT2D eigenvalue weighted by molar-refractivity contribution is 6.32. The van der Waals surface area contributed by atoms with Gasteiger partial charge in [0.1, 0.15) is 5.75 Å². The van der Waals surface area contributed by atoms with E-state index in [0.29, 0.717) is 52.3 Å². The third-order valence-electron chi connectivity index (χ3n) is 5.54. The maximum absolute atomic E-state index is 12.7. The molecule has 0 unspecified atom stereocenters. The monoisotopic (exact) mass is 505 g/mol. The summed E-state index contributed by atoms with van der Waals surface area (Å²) in [5, 5.41) is 10.9. The van der Waals surface area contributed by atoms with Gasteiger partial charge < -0.3 is 21.1 Å². The molecule has 4 aromatic rings. The van der Waals surface area contributed by atoms with Gasteiger partial charge in [0.15, 0.2) is 0 Å². The highest BCUT2D eigenvalue weighted by Crippen LogP contribution is 2.30. The average molecular weight is 506 g/mol. The summed E-state index contributed by atoms with van der Waals surface area (Å²) in [4.78, 5) is 21.5. The molecule has 0 atom stereocenters. The topological polar surface area (TPSA) is 120 Å². The van der Waals surface area contributed by atoms with Crippen molar-refractivity contribution < 1.29 is 9.53 Å². The van der Waals surface area contributed by atoms with E-state index >= 15 is 0 Å². The molecule has 2 aromatic heterocycles. The highest BCUT2D eigenvalue weighted by atomic mass is 35.5. The maximum Gasteiger partial charge on any atom is 0.251 e. The van der Waals surface area contributed by atoms with Gasteiger partial charge in [-0.05, 0) is 56.2 Å². The SMILES string of the molecule is COc1cc(C(=O)NCCc2ccc(N)cc2)ccc1Nc1ncc(Cl)c(-c2cnn(C(C)C)c2)n1. The first-order chi connectivity index (χ1) is 17.3. The van der Waals surface area contributed by atoms with Gasteiger partial charge in [0.2, 0.25) is 5.95 Å². The maximum atomic E-state index is 12.7. The number of carbonyl (C=O) groups is 1. The lowest BCUT2D eigenvalue weighted by Gasteiger charge is -2.13. The molecule has 4 rings (SSSR count). The van der Waals surface area contributed by atoms with E-state index in [1.807, 2.05) is 49.0 Å². The predicted molar refractivity (Wildman–Crippen MR) is 142 cm³/mol. The molecule has 186 valence electrons. The van der Waals surface area contributed by atoms with Crippen LogP contribution in [0.25, 0.3) is 11.3 Å². The van der Waals surface area contributed by atoms with Gasteiger partial charge in [-0.2, -0.15) is 5.10 Å². The molecule has 10 heteroatoms. The summed E-state index contributed by atoms with van der Waals surface area (Å²) in [6.07, 6.45) is 5.85. The summed E-state index contributed by atoms with van der Waals surface area (Å²) in [5.74, 6) is 0.627. The van der Waals surface area contributed by atoms with Crippen molar-refractivity contribution in [3.8, 4) is 17.0 Å². The number of benzene rings is 2. The number of hydrogen-bond acceptors (Lipinski definition) is 7. The lowest BCUT2D eigenvalue weighted by molar-refractivity contribution is 0.0954. The third kappa shape index (κ3) is 5.92. The summed E-state index contributed by atoms with van der Waals surface area (Å²) >= 11 is 6.36. The van der Waals surface area contributed by atoms with E-state index in [9.17, 15) is 4.79 Å². The van der Waals surface area contributed by atoms with Crippen molar-refractivity contribution in [1.82, 2.24) is 25.1 Å². The van der Waals surface area contributed by atoms with Gasteiger partial charge in [0.05, 0.1) is 35.9 Å². The molecule has 36 heavy (non-hydrogen) atoms. The zero-order valence-electron chi connectivity index (χ0n) is 20.3. The number of nitrogens with two attached hydrogens (primary N) is 1. The van der Waals surface area contributed by atoms with Crippen LogP contribution in [0.15, 0.2) is 61.1 Å². The number of nitrogen functional groups attached to an aromatic ring is 1. The summed E-state index contributed by atoms with van der Waals surface area (Å²) in [6, 6.07) is 12.9. The van der Waals surface area contributed by atoms with Gasteiger partial charge >= 0.3 is 0 Å². The molecule has 2 heterocycles. The first-order valence-corrected chi connectivity index (χ1v) is 11.9. The first-order valence-electron chi connectivity index (χ1n) is 11.5. The van der Waals surface area contributed by atoms with Crippen LogP contribution in [0.5, 0.6) is 5.75 Å². The van der Waals surface area contributed by atoms with Crippen molar-refractivity contribution in [2.75, 3.05) is 24.7 Å². The zero-order chi connectivity index (χ0) is 25.7. The number of methoxy groups -OCH3 is 1. The molecule has 0 spiro atoms. The smallest absolute Gasteiger partial charge is 0.251 e. The molecular weight excluding hydrogens is 478 g/mol. The number of nitrogens with zero attached hydrogens (tertiary/aromatic N) is 4. The van der Waals surface area contributed by atoms with E-state index in [2.05, 4.69) is 25.7 Å². The molecule has 9 nitrogen and oxygen atoms in total. The summed E-state index contributed by atoms with van der Waals surface area (Å²) in [6.45, 7) is 4.59. The minimum Gasteiger partial charge on any atom is -0.495 e. The fraction of sp³-hybridized carbons (Fsp3) is 0.231. The van der Waals surface area contributed by atoms with Gasteiger partial charge in [-0.15, -0.1) is 0 Å².